The summed E-state index contributed by atoms with van der Waals surface area (Å²) in [5.74, 6) is 0.161. The average Bonchev–Trinajstić information content (AvgIpc) is 2.60. The Morgan fingerprint density at radius 2 is 1.96 bits per heavy atom. The highest BCUT2D eigenvalue weighted by Crippen LogP contribution is 2.47. The number of carbonyl (C=O) groups excluding carboxylic acids is 1. The summed E-state index contributed by atoms with van der Waals surface area (Å²) in [4.78, 5) is 16.7. The van der Waals surface area contributed by atoms with E-state index in [0.29, 0.717) is 10.7 Å². The number of hydrogen-bond donors (Lipinski definition) is 2. The molecule has 2 heterocycles. The fourth-order valence-corrected chi connectivity index (χ4v) is 4.29. The molecule has 130 valence electrons. The zero-order valence-corrected chi connectivity index (χ0v) is 14.6. The minimum absolute atomic E-state index is 0.0412. The van der Waals surface area contributed by atoms with Gasteiger partial charge in [0.2, 0.25) is 0 Å². The van der Waals surface area contributed by atoms with Gasteiger partial charge in [0, 0.05) is 25.2 Å². The van der Waals surface area contributed by atoms with Gasteiger partial charge in [0.1, 0.15) is 0 Å². The number of anilines is 2. The van der Waals surface area contributed by atoms with Crippen molar-refractivity contribution in [3.05, 3.63) is 59.1 Å². The van der Waals surface area contributed by atoms with Crippen molar-refractivity contribution in [2.24, 2.45) is 0 Å². The van der Waals surface area contributed by atoms with Gasteiger partial charge >= 0.3 is 6.03 Å². The number of benzene rings is 2. The summed E-state index contributed by atoms with van der Waals surface area (Å²) in [5, 5.41) is 13.3. The highest BCUT2D eigenvalue weighted by atomic mass is 35.5. The van der Waals surface area contributed by atoms with Gasteiger partial charge in [0.25, 0.3) is 0 Å². The van der Waals surface area contributed by atoms with E-state index in [-0.39, 0.29) is 30.6 Å². The Kier molecular flexibility index (Phi) is 4.06. The Balaban J connectivity index is 1.60. The van der Waals surface area contributed by atoms with Crippen molar-refractivity contribution in [2.75, 3.05) is 30.4 Å². The molecule has 5 nitrogen and oxygen atoms in total. The predicted octanol–water partition coefficient (Wildman–Crippen LogP) is 3.15. The molecule has 0 saturated carbocycles. The maximum atomic E-state index is 12.8. The van der Waals surface area contributed by atoms with Crippen molar-refractivity contribution < 1.29 is 9.90 Å². The number of likely N-dealkylation sites (N-methyl/N-ethyl adjacent to an activating group) is 1. The molecule has 2 aliphatic heterocycles. The monoisotopic (exact) mass is 357 g/mol. The lowest BCUT2D eigenvalue weighted by Gasteiger charge is -2.58. The largest absolute Gasteiger partial charge is 0.394 e. The van der Waals surface area contributed by atoms with Crippen LogP contribution < -0.4 is 10.2 Å². The fraction of sp³-hybridized carbons (Fsp3) is 0.316. The van der Waals surface area contributed by atoms with E-state index in [0.717, 1.165) is 6.54 Å². The van der Waals surface area contributed by atoms with E-state index in [1.165, 1.54) is 11.3 Å². The average molecular weight is 358 g/mol. The van der Waals surface area contributed by atoms with Crippen LogP contribution in [0.15, 0.2) is 48.5 Å². The van der Waals surface area contributed by atoms with E-state index in [1.807, 2.05) is 31.3 Å². The van der Waals surface area contributed by atoms with Crippen LogP contribution in [0, 0.1) is 0 Å². The van der Waals surface area contributed by atoms with Crippen LogP contribution in [0.5, 0.6) is 0 Å². The third-order valence-corrected chi connectivity index (χ3v) is 5.58. The number of nitrogens with zero attached hydrogens (tertiary/aromatic N) is 2. The number of aliphatic hydroxyl groups excluding tert-OH is 1. The Bertz CT molecular complexity index is 813. The van der Waals surface area contributed by atoms with E-state index in [9.17, 15) is 9.90 Å². The molecule has 0 bridgehead atoms. The van der Waals surface area contributed by atoms with Crippen molar-refractivity contribution >= 4 is 29.0 Å². The first kappa shape index (κ1) is 16.2. The molecular formula is C19H20ClN3O2. The minimum atomic E-state index is -0.221. The van der Waals surface area contributed by atoms with Crippen molar-refractivity contribution in [1.29, 1.82) is 0 Å². The molecule has 0 aromatic heterocycles. The van der Waals surface area contributed by atoms with Crippen LogP contribution >= 0.6 is 11.6 Å². The maximum absolute atomic E-state index is 12.8. The molecule has 2 amide bonds. The number of rotatable bonds is 2. The lowest BCUT2D eigenvalue weighted by molar-refractivity contribution is -0.00226. The standard InChI is InChI=1S/C19H20ClN3O2/c1-22-10-16-18(12-6-2-5-9-15(12)22)17(11-24)23(16)19(25)21-14-8-4-3-7-13(14)20/h2-9,16-18,24H,10-11H2,1H3,(H,21,25)/t16-,17-,18+/m1/s1. The van der Waals surface area contributed by atoms with Gasteiger partial charge < -0.3 is 20.2 Å². The molecule has 2 aliphatic rings. The second kappa shape index (κ2) is 6.24. The molecule has 3 atom stereocenters. The smallest absolute Gasteiger partial charge is 0.322 e. The van der Waals surface area contributed by atoms with Crippen molar-refractivity contribution in [3.63, 3.8) is 0 Å². The summed E-state index contributed by atoms with van der Waals surface area (Å²) in [6, 6.07) is 15.0. The van der Waals surface area contributed by atoms with Crippen molar-refractivity contribution in [2.45, 2.75) is 18.0 Å². The first-order chi connectivity index (χ1) is 12.1. The molecule has 1 saturated heterocycles. The second-order valence-electron chi connectivity index (χ2n) is 6.60. The van der Waals surface area contributed by atoms with Crippen LogP contribution in [0.1, 0.15) is 11.5 Å². The van der Waals surface area contributed by atoms with E-state index < -0.39 is 0 Å². The fourth-order valence-electron chi connectivity index (χ4n) is 4.10. The maximum Gasteiger partial charge on any atom is 0.322 e. The van der Waals surface area contributed by atoms with Crippen LogP contribution in [-0.2, 0) is 0 Å². The number of aliphatic hydroxyl groups is 1. The Labute approximate surface area is 151 Å². The first-order valence-corrected chi connectivity index (χ1v) is 8.74. The normalized spacial score (nSPS) is 24.2. The zero-order valence-electron chi connectivity index (χ0n) is 13.9. The number of amides is 2. The summed E-state index contributed by atoms with van der Waals surface area (Å²) >= 11 is 6.14. The van der Waals surface area contributed by atoms with Gasteiger partial charge in [-0.25, -0.2) is 4.79 Å². The summed E-state index contributed by atoms with van der Waals surface area (Å²) in [5.41, 5.74) is 2.95. The molecule has 0 aliphatic carbocycles. The van der Waals surface area contributed by atoms with Crippen molar-refractivity contribution in [3.8, 4) is 0 Å². The predicted molar refractivity (Wildman–Crippen MR) is 99.4 cm³/mol. The number of halogens is 1. The Morgan fingerprint density at radius 3 is 2.72 bits per heavy atom. The number of likely N-dealkylation sites (tertiary alicyclic amines) is 1. The lowest BCUT2D eigenvalue weighted by Crippen LogP contribution is -2.70. The highest BCUT2D eigenvalue weighted by Gasteiger charge is 2.54. The highest BCUT2D eigenvalue weighted by molar-refractivity contribution is 6.33. The molecule has 25 heavy (non-hydrogen) atoms. The van der Waals surface area contributed by atoms with Crippen LogP contribution in [0.4, 0.5) is 16.2 Å². The lowest BCUT2D eigenvalue weighted by atomic mass is 9.72. The van der Waals surface area contributed by atoms with Gasteiger partial charge in [-0.1, -0.05) is 41.9 Å². The van der Waals surface area contributed by atoms with Gasteiger partial charge in [-0.3, -0.25) is 0 Å². The third-order valence-electron chi connectivity index (χ3n) is 5.25. The number of para-hydroxylation sites is 2. The molecule has 2 N–H and O–H groups in total. The second-order valence-corrected chi connectivity index (χ2v) is 7.01. The Hall–Kier alpha value is -2.24. The summed E-state index contributed by atoms with van der Waals surface area (Å²) < 4.78 is 0. The molecule has 4 rings (SSSR count). The van der Waals surface area contributed by atoms with Gasteiger partial charge in [-0.2, -0.15) is 0 Å². The molecule has 2 aromatic carbocycles. The van der Waals surface area contributed by atoms with Gasteiger partial charge in [0.15, 0.2) is 0 Å². The topological polar surface area (TPSA) is 55.8 Å². The summed E-state index contributed by atoms with van der Waals surface area (Å²) in [7, 11) is 2.03. The van der Waals surface area contributed by atoms with Crippen molar-refractivity contribution in [1.82, 2.24) is 4.90 Å². The van der Waals surface area contributed by atoms with Gasteiger partial charge in [-0.05, 0) is 23.8 Å². The van der Waals surface area contributed by atoms with Crippen LogP contribution in [-0.4, -0.2) is 48.3 Å². The van der Waals surface area contributed by atoms with E-state index in [2.05, 4.69) is 22.3 Å². The number of hydrogen-bond acceptors (Lipinski definition) is 3. The van der Waals surface area contributed by atoms with Crippen LogP contribution in [0.2, 0.25) is 5.02 Å². The quantitative estimate of drug-likeness (QED) is 0.868. The molecule has 2 aromatic rings. The van der Waals surface area contributed by atoms with Crippen LogP contribution in [0.3, 0.4) is 0 Å². The number of carbonyl (C=O) groups is 1. The molecule has 0 spiro atoms. The molecule has 0 radical (unpaired) electrons. The van der Waals surface area contributed by atoms with Gasteiger partial charge in [0.05, 0.1) is 29.4 Å². The van der Waals surface area contributed by atoms with E-state index in [1.54, 1.807) is 17.0 Å². The number of fused-ring (bicyclic) bond motifs is 3. The van der Waals surface area contributed by atoms with E-state index >= 15 is 0 Å². The van der Waals surface area contributed by atoms with Gasteiger partial charge in [-0.15, -0.1) is 0 Å². The Morgan fingerprint density at radius 1 is 1.24 bits per heavy atom. The summed E-state index contributed by atoms with van der Waals surface area (Å²) in [6.07, 6.45) is 0. The summed E-state index contributed by atoms with van der Waals surface area (Å²) in [6.45, 7) is 0.684. The number of nitrogens with one attached hydrogen (secondary N) is 1. The SMILES string of the molecule is CN1C[C@@H]2[C@H](c3ccccc31)[C@@H](CO)N2C(=O)Nc1ccccc1Cl. The molecule has 6 heteroatoms. The zero-order chi connectivity index (χ0) is 17.6. The van der Waals surface area contributed by atoms with Crippen LogP contribution in [0.25, 0.3) is 0 Å². The molecule has 0 unspecified atom stereocenters. The molecular weight excluding hydrogens is 338 g/mol. The van der Waals surface area contributed by atoms with E-state index in [4.69, 9.17) is 11.6 Å². The number of urea groups is 1. The third kappa shape index (κ3) is 2.55. The minimum Gasteiger partial charge on any atom is -0.394 e. The first-order valence-electron chi connectivity index (χ1n) is 8.36. The molecule has 1 fully saturated rings.